The van der Waals surface area contributed by atoms with E-state index < -0.39 is 5.97 Å². The predicted molar refractivity (Wildman–Crippen MR) is 81.4 cm³/mol. The minimum Gasteiger partial charge on any atom is -0.489 e. The molecule has 0 saturated carbocycles. The van der Waals surface area contributed by atoms with Gasteiger partial charge in [0.25, 0.3) is 0 Å². The molecule has 1 N–H and O–H groups in total. The number of carbonyl (C=O) groups is 1. The molecule has 0 amide bonds. The summed E-state index contributed by atoms with van der Waals surface area (Å²) < 4.78 is 11.2. The van der Waals surface area contributed by atoms with Gasteiger partial charge in [-0.2, -0.15) is 0 Å². The van der Waals surface area contributed by atoms with Gasteiger partial charge >= 0.3 is 5.97 Å². The number of carboxylic acid groups (broad SMARTS) is 1. The lowest BCUT2D eigenvalue weighted by Crippen LogP contribution is -2.36. The Kier molecular flexibility index (Phi) is 5.44. The number of aromatic carboxylic acids is 1. The molecule has 0 fully saturated rings. The second-order valence-corrected chi connectivity index (χ2v) is 5.59. The summed E-state index contributed by atoms with van der Waals surface area (Å²) in [5.74, 6) is 0.160. The van der Waals surface area contributed by atoms with E-state index in [1.54, 1.807) is 12.1 Å². The van der Waals surface area contributed by atoms with E-state index in [9.17, 15) is 9.90 Å². The third-order valence-corrected chi connectivity index (χ3v) is 3.52. The van der Waals surface area contributed by atoms with Crippen molar-refractivity contribution in [2.75, 3.05) is 37.8 Å². The highest BCUT2D eigenvalue weighted by molar-refractivity contribution is 5.93. The quantitative estimate of drug-likeness (QED) is 0.783. The van der Waals surface area contributed by atoms with Crippen LogP contribution in [0.15, 0.2) is 18.2 Å². The van der Waals surface area contributed by atoms with Crippen LogP contribution >= 0.6 is 0 Å². The summed E-state index contributed by atoms with van der Waals surface area (Å²) in [5, 5.41) is 9.20. The highest BCUT2D eigenvalue weighted by Crippen LogP contribution is 2.34. The molecule has 21 heavy (non-hydrogen) atoms. The van der Waals surface area contributed by atoms with Crippen LogP contribution in [0.3, 0.4) is 0 Å². The fourth-order valence-electron chi connectivity index (χ4n) is 2.30. The lowest BCUT2D eigenvalue weighted by Gasteiger charge is -2.31. The Morgan fingerprint density at radius 1 is 1.43 bits per heavy atom. The molecule has 0 radical (unpaired) electrons. The third kappa shape index (κ3) is 4.11. The zero-order valence-corrected chi connectivity index (χ0v) is 12.7. The molecule has 116 valence electrons. The summed E-state index contributed by atoms with van der Waals surface area (Å²) in [5.41, 5.74) is 1.06. The highest BCUT2D eigenvalue weighted by atomic mass is 16.5. The Morgan fingerprint density at radius 2 is 2.24 bits per heavy atom. The van der Waals surface area contributed by atoms with E-state index in [1.165, 1.54) is 0 Å². The standard InChI is InChI=1S/C16H23NO4/c1-12(2)6-9-20-10-7-17-8-11-21-15-13(16(18)19)4-3-5-14(15)17/h3-5,12H,6-11H2,1-2H3,(H,18,19). The van der Waals surface area contributed by atoms with Crippen LogP contribution in [0.1, 0.15) is 30.6 Å². The van der Waals surface area contributed by atoms with Gasteiger partial charge in [0.05, 0.1) is 18.8 Å². The third-order valence-electron chi connectivity index (χ3n) is 3.52. The maximum absolute atomic E-state index is 11.2. The van der Waals surface area contributed by atoms with Crippen molar-refractivity contribution in [3.05, 3.63) is 23.8 Å². The van der Waals surface area contributed by atoms with Gasteiger partial charge in [0.1, 0.15) is 12.2 Å². The highest BCUT2D eigenvalue weighted by Gasteiger charge is 2.23. The summed E-state index contributed by atoms with van der Waals surface area (Å²) >= 11 is 0. The molecule has 0 unspecified atom stereocenters. The molecule has 0 spiro atoms. The first-order valence-corrected chi connectivity index (χ1v) is 7.41. The number of anilines is 1. The van der Waals surface area contributed by atoms with Gasteiger partial charge in [-0.25, -0.2) is 4.79 Å². The SMILES string of the molecule is CC(C)CCOCCN1CCOc2c(C(=O)O)cccc21. The van der Waals surface area contributed by atoms with E-state index in [2.05, 4.69) is 18.7 Å². The van der Waals surface area contributed by atoms with Crippen molar-refractivity contribution < 1.29 is 19.4 Å². The summed E-state index contributed by atoms with van der Waals surface area (Å²) in [7, 11) is 0. The second kappa shape index (κ2) is 7.31. The monoisotopic (exact) mass is 293 g/mol. The largest absolute Gasteiger partial charge is 0.489 e. The molecular formula is C16H23NO4. The molecule has 0 saturated heterocycles. The number of para-hydroxylation sites is 1. The van der Waals surface area contributed by atoms with Crippen LogP contribution in [0.5, 0.6) is 5.75 Å². The number of benzene rings is 1. The van der Waals surface area contributed by atoms with Crippen LogP contribution in [-0.4, -0.2) is 44.0 Å². The molecule has 0 atom stereocenters. The lowest BCUT2D eigenvalue weighted by molar-refractivity contribution is 0.0692. The van der Waals surface area contributed by atoms with E-state index in [-0.39, 0.29) is 5.56 Å². The van der Waals surface area contributed by atoms with E-state index in [4.69, 9.17) is 9.47 Å². The first-order valence-electron chi connectivity index (χ1n) is 7.41. The Labute approximate surface area is 125 Å². The number of nitrogens with zero attached hydrogens (tertiary/aromatic N) is 1. The van der Waals surface area contributed by atoms with Gasteiger partial charge < -0.3 is 19.5 Å². The smallest absolute Gasteiger partial charge is 0.339 e. The van der Waals surface area contributed by atoms with Crippen LogP contribution < -0.4 is 9.64 Å². The average molecular weight is 293 g/mol. The Bertz CT molecular complexity index is 487. The fourth-order valence-corrected chi connectivity index (χ4v) is 2.30. The van der Waals surface area contributed by atoms with Crippen molar-refractivity contribution in [2.45, 2.75) is 20.3 Å². The Morgan fingerprint density at radius 3 is 2.95 bits per heavy atom. The van der Waals surface area contributed by atoms with Gasteiger partial charge in [0.2, 0.25) is 0 Å². The summed E-state index contributed by atoms with van der Waals surface area (Å²) in [4.78, 5) is 13.3. The normalized spacial score (nSPS) is 14.0. The van der Waals surface area contributed by atoms with E-state index in [1.807, 2.05) is 6.07 Å². The van der Waals surface area contributed by atoms with Gasteiger partial charge in [0, 0.05) is 13.2 Å². The molecule has 2 rings (SSSR count). The van der Waals surface area contributed by atoms with Crippen molar-refractivity contribution in [3.8, 4) is 5.75 Å². The Balaban J connectivity index is 1.95. The molecule has 1 aromatic rings. The minimum atomic E-state index is -0.957. The van der Waals surface area contributed by atoms with E-state index in [0.717, 1.165) is 31.8 Å². The van der Waals surface area contributed by atoms with Gasteiger partial charge in [0.15, 0.2) is 5.75 Å². The van der Waals surface area contributed by atoms with Gasteiger partial charge in [-0.1, -0.05) is 19.9 Å². The molecule has 1 aromatic carbocycles. The first-order chi connectivity index (χ1) is 10.1. The zero-order valence-electron chi connectivity index (χ0n) is 12.7. The molecule has 5 heteroatoms. The molecule has 1 heterocycles. The van der Waals surface area contributed by atoms with Crippen LogP contribution in [0, 0.1) is 5.92 Å². The summed E-state index contributed by atoms with van der Waals surface area (Å²) in [6.07, 6.45) is 1.06. The van der Waals surface area contributed by atoms with Crippen molar-refractivity contribution in [1.82, 2.24) is 0 Å². The van der Waals surface area contributed by atoms with Crippen LogP contribution in [0.2, 0.25) is 0 Å². The van der Waals surface area contributed by atoms with Crippen LogP contribution in [-0.2, 0) is 4.74 Å². The van der Waals surface area contributed by atoms with Crippen molar-refractivity contribution in [1.29, 1.82) is 0 Å². The van der Waals surface area contributed by atoms with Crippen molar-refractivity contribution >= 4 is 11.7 Å². The number of fused-ring (bicyclic) bond motifs is 1. The maximum atomic E-state index is 11.2. The van der Waals surface area contributed by atoms with E-state index >= 15 is 0 Å². The second-order valence-electron chi connectivity index (χ2n) is 5.59. The average Bonchev–Trinajstić information content (AvgIpc) is 2.46. The van der Waals surface area contributed by atoms with Gasteiger partial charge in [-0.05, 0) is 24.5 Å². The van der Waals surface area contributed by atoms with Crippen LogP contribution in [0.4, 0.5) is 5.69 Å². The maximum Gasteiger partial charge on any atom is 0.339 e. The molecule has 0 aromatic heterocycles. The van der Waals surface area contributed by atoms with Gasteiger partial charge in [-0.3, -0.25) is 0 Å². The van der Waals surface area contributed by atoms with Crippen molar-refractivity contribution in [3.63, 3.8) is 0 Å². The first kappa shape index (κ1) is 15.6. The predicted octanol–water partition coefficient (Wildman–Crippen LogP) is 2.65. The summed E-state index contributed by atoms with van der Waals surface area (Å²) in [6.45, 7) is 7.77. The van der Waals surface area contributed by atoms with Crippen LogP contribution in [0.25, 0.3) is 0 Å². The molecule has 0 aliphatic carbocycles. The summed E-state index contributed by atoms with van der Waals surface area (Å²) in [6, 6.07) is 5.22. The molecule has 1 aliphatic rings. The Hall–Kier alpha value is -1.75. The number of hydrogen-bond acceptors (Lipinski definition) is 4. The zero-order chi connectivity index (χ0) is 15.2. The van der Waals surface area contributed by atoms with Gasteiger partial charge in [-0.15, -0.1) is 0 Å². The number of hydrogen-bond donors (Lipinski definition) is 1. The molecule has 0 bridgehead atoms. The minimum absolute atomic E-state index is 0.220. The molecular weight excluding hydrogens is 270 g/mol. The fraction of sp³-hybridized carbons (Fsp3) is 0.562. The number of ether oxygens (including phenoxy) is 2. The topological polar surface area (TPSA) is 59.0 Å². The number of rotatable bonds is 7. The van der Waals surface area contributed by atoms with E-state index in [0.29, 0.717) is 24.9 Å². The lowest BCUT2D eigenvalue weighted by atomic mass is 10.1. The molecule has 5 nitrogen and oxygen atoms in total. The van der Waals surface area contributed by atoms with Crippen molar-refractivity contribution in [2.24, 2.45) is 5.92 Å². The molecule has 1 aliphatic heterocycles. The number of carboxylic acids is 1.